The predicted octanol–water partition coefficient (Wildman–Crippen LogP) is 2.64. The van der Waals surface area contributed by atoms with Gasteiger partial charge in [0.25, 0.3) is 5.91 Å². The molecule has 1 heterocycles. The predicted molar refractivity (Wildman–Crippen MR) is 80.0 cm³/mol. The maximum absolute atomic E-state index is 12.3. The summed E-state index contributed by atoms with van der Waals surface area (Å²) >= 11 is 6.03. The normalized spacial score (nSPS) is 11.6. The zero-order valence-corrected chi connectivity index (χ0v) is 12.2. The van der Waals surface area contributed by atoms with E-state index in [2.05, 4.69) is 10.3 Å². The minimum atomic E-state index is -0.356. The van der Waals surface area contributed by atoms with E-state index in [1.165, 1.54) is 6.20 Å². The molecule has 0 aliphatic carbocycles. The van der Waals surface area contributed by atoms with Gasteiger partial charge in [-0.15, -0.1) is 0 Å². The molecule has 2 rings (SSSR count). The van der Waals surface area contributed by atoms with E-state index >= 15 is 0 Å². The highest BCUT2D eigenvalue weighted by Gasteiger charge is 2.19. The number of halogens is 1. The lowest BCUT2D eigenvalue weighted by Gasteiger charge is -2.22. The fourth-order valence-electron chi connectivity index (χ4n) is 1.81. The van der Waals surface area contributed by atoms with Crippen molar-refractivity contribution >= 4 is 28.3 Å². The first-order chi connectivity index (χ1) is 9.44. The molecule has 2 aromatic rings. The lowest BCUT2D eigenvalue weighted by Crippen LogP contribution is -2.36. The Balaban J connectivity index is 2.29. The number of aromatic nitrogens is 1. The van der Waals surface area contributed by atoms with Crippen LogP contribution < -0.4 is 5.32 Å². The zero-order chi connectivity index (χ0) is 14.8. The molecule has 20 heavy (non-hydrogen) atoms. The number of fused-ring (bicyclic) bond motifs is 1. The van der Waals surface area contributed by atoms with Gasteiger partial charge in [-0.2, -0.15) is 0 Å². The van der Waals surface area contributed by atoms with E-state index in [9.17, 15) is 9.90 Å². The third-order valence-corrected chi connectivity index (χ3v) is 3.45. The van der Waals surface area contributed by atoms with Gasteiger partial charge in [-0.3, -0.25) is 4.79 Å². The summed E-state index contributed by atoms with van der Waals surface area (Å²) in [7, 11) is 0. The SMILES string of the molecule is CC(C)(CO)CNC(=O)c1cnc(Cl)c2ccccc12. The largest absolute Gasteiger partial charge is 0.396 e. The van der Waals surface area contributed by atoms with E-state index in [0.717, 1.165) is 10.8 Å². The Kier molecular flexibility index (Phi) is 4.26. The molecule has 1 aromatic carbocycles. The van der Waals surface area contributed by atoms with Crippen LogP contribution >= 0.6 is 11.6 Å². The van der Waals surface area contributed by atoms with Gasteiger partial charge in [0.2, 0.25) is 0 Å². The number of rotatable bonds is 4. The summed E-state index contributed by atoms with van der Waals surface area (Å²) in [4.78, 5) is 16.3. The minimum absolute atomic E-state index is 0.00684. The van der Waals surface area contributed by atoms with Crippen LogP contribution in [0.3, 0.4) is 0 Å². The van der Waals surface area contributed by atoms with Gasteiger partial charge in [0.15, 0.2) is 0 Å². The van der Waals surface area contributed by atoms with E-state index < -0.39 is 0 Å². The molecule has 0 aliphatic rings. The Morgan fingerprint density at radius 3 is 2.65 bits per heavy atom. The number of nitrogens with zero attached hydrogens (tertiary/aromatic N) is 1. The summed E-state index contributed by atoms with van der Waals surface area (Å²) < 4.78 is 0. The van der Waals surface area contributed by atoms with Gasteiger partial charge in [0, 0.05) is 30.1 Å². The maximum Gasteiger partial charge on any atom is 0.253 e. The number of hydrogen-bond donors (Lipinski definition) is 2. The maximum atomic E-state index is 12.3. The lowest BCUT2D eigenvalue weighted by atomic mass is 9.95. The van der Waals surface area contributed by atoms with Crippen molar-refractivity contribution in [2.75, 3.05) is 13.2 Å². The fraction of sp³-hybridized carbons (Fsp3) is 0.333. The Morgan fingerprint density at radius 2 is 2.00 bits per heavy atom. The van der Waals surface area contributed by atoms with Crippen LogP contribution in [0.25, 0.3) is 10.8 Å². The summed E-state index contributed by atoms with van der Waals surface area (Å²) in [5.74, 6) is -0.216. The first-order valence-electron chi connectivity index (χ1n) is 6.37. The van der Waals surface area contributed by atoms with Crippen LogP contribution in [0.5, 0.6) is 0 Å². The van der Waals surface area contributed by atoms with Gasteiger partial charge in [-0.25, -0.2) is 4.98 Å². The van der Waals surface area contributed by atoms with Crippen molar-refractivity contribution in [2.24, 2.45) is 5.41 Å². The van der Waals surface area contributed by atoms with E-state index in [1.807, 2.05) is 38.1 Å². The molecule has 106 valence electrons. The van der Waals surface area contributed by atoms with Gasteiger partial charge >= 0.3 is 0 Å². The molecule has 5 heteroatoms. The highest BCUT2D eigenvalue weighted by Crippen LogP contribution is 2.24. The van der Waals surface area contributed by atoms with Crippen LogP contribution in [0.15, 0.2) is 30.5 Å². The Bertz CT molecular complexity index is 641. The number of pyridine rings is 1. The topological polar surface area (TPSA) is 62.2 Å². The molecule has 0 unspecified atom stereocenters. The quantitative estimate of drug-likeness (QED) is 0.852. The van der Waals surface area contributed by atoms with Gasteiger partial charge in [-0.1, -0.05) is 49.7 Å². The molecule has 1 aromatic heterocycles. The third kappa shape index (κ3) is 3.08. The highest BCUT2D eigenvalue weighted by atomic mass is 35.5. The van der Waals surface area contributed by atoms with Crippen LogP contribution in [-0.2, 0) is 0 Å². The first kappa shape index (κ1) is 14.8. The second-order valence-corrected chi connectivity index (χ2v) is 5.87. The summed E-state index contributed by atoms with van der Waals surface area (Å²) in [6.45, 7) is 4.16. The molecule has 0 fully saturated rings. The smallest absolute Gasteiger partial charge is 0.253 e. The second kappa shape index (κ2) is 5.77. The van der Waals surface area contributed by atoms with Gasteiger partial charge in [0.1, 0.15) is 5.15 Å². The van der Waals surface area contributed by atoms with Crippen molar-refractivity contribution < 1.29 is 9.90 Å². The summed E-state index contributed by atoms with van der Waals surface area (Å²) in [6, 6.07) is 7.38. The van der Waals surface area contributed by atoms with E-state index in [-0.39, 0.29) is 17.9 Å². The van der Waals surface area contributed by atoms with Crippen molar-refractivity contribution in [3.05, 3.63) is 41.2 Å². The Morgan fingerprint density at radius 1 is 1.35 bits per heavy atom. The van der Waals surface area contributed by atoms with Gasteiger partial charge in [-0.05, 0) is 5.39 Å². The van der Waals surface area contributed by atoms with Crippen LogP contribution in [0.1, 0.15) is 24.2 Å². The molecule has 0 saturated heterocycles. The summed E-state index contributed by atoms with van der Waals surface area (Å²) in [5.41, 5.74) is 0.129. The fourth-order valence-corrected chi connectivity index (χ4v) is 2.02. The minimum Gasteiger partial charge on any atom is -0.396 e. The number of aliphatic hydroxyl groups excluding tert-OH is 1. The molecule has 2 N–H and O–H groups in total. The summed E-state index contributed by atoms with van der Waals surface area (Å²) in [6.07, 6.45) is 1.48. The van der Waals surface area contributed by atoms with Gasteiger partial charge in [0.05, 0.1) is 5.56 Å². The van der Waals surface area contributed by atoms with Crippen molar-refractivity contribution in [3.63, 3.8) is 0 Å². The number of amides is 1. The molecule has 4 nitrogen and oxygen atoms in total. The van der Waals surface area contributed by atoms with Crippen LogP contribution in [0.4, 0.5) is 0 Å². The molecule has 0 radical (unpaired) electrons. The van der Waals surface area contributed by atoms with E-state index in [0.29, 0.717) is 17.3 Å². The van der Waals surface area contributed by atoms with Crippen molar-refractivity contribution in [2.45, 2.75) is 13.8 Å². The highest BCUT2D eigenvalue weighted by molar-refractivity contribution is 6.34. The lowest BCUT2D eigenvalue weighted by molar-refractivity contribution is 0.0912. The third-order valence-electron chi connectivity index (χ3n) is 3.15. The average Bonchev–Trinajstić information content (AvgIpc) is 2.46. The molecule has 0 atom stereocenters. The van der Waals surface area contributed by atoms with Crippen LogP contribution in [0.2, 0.25) is 5.15 Å². The molecular formula is C15H17ClN2O2. The molecule has 0 saturated carbocycles. The molecule has 1 amide bonds. The van der Waals surface area contributed by atoms with Crippen LogP contribution in [-0.4, -0.2) is 29.1 Å². The zero-order valence-electron chi connectivity index (χ0n) is 11.5. The number of carbonyl (C=O) groups excluding carboxylic acids is 1. The van der Waals surface area contributed by atoms with Crippen LogP contribution in [0, 0.1) is 5.41 Å². The number of aliphatic hydroxyl groups is 1. The standard InChI is InChI=1S/C15H17ClN2O2/c1-15(2,9-19)8-18-14(20)12-7-17-13(16)11-6-4-3-5-10(11)12/h3-7,19H,8-9H2,1-2H3,(H,18,20). The van der Waals surface area contributed by atoms with Crippen molar-refractivity contribution in [1.82, 2.24) is 10.3 Å². The van der Waals surface area contributed by atoms with Crippen molar-refractivity contribution in [3.8, 4) is 0 Å². The Hall–Kier alpha value is -1.65. The van der Waals surface area contributed by atoms with Gasteiger partial charge < -0.3 is 10.4 Å². The molecule has 0 spiro atoms. The van der Waals surface area contributed by atoms with E-state index in [1.54, 1.807) is 0 Å². The molecular weight excluding hydrogens is 276 g/mol. The van der Waals surface area contributed by atoms with E-state index in [4.69, 9.17) is 11.6 Å². The molecule has 0 bridgehead atoms. The van der Waals surface area contributed by atoms with Crippen molar-refractivity contribution in [1.29, 1.82) is 0 Å². The number of hydrogen-bond acceptors (Lipinski definition) is 3. The monoisotopic (exact) mass is 292 g/mol. The summed E-state index contributed by atoms with van der Waals surface area (Å²) in [5, 5.41) is 13.9. The number of carbonyl (C=O) groups is 1. The number of nitrogens with one attached hydrogen (secondary N) is 1. The average molecular weight is 293 g/mol. The Labute approximate surface area is 122 Å². The first-order valence-corrected chi connectivity index (χ1v) is 6.75. The second-order valence-electron chi connectivity index (χ2n) is 5.51. The molecule has 0 aliphatic heterocycles. The number of benzene rings is 1.